The van der Waals surface area contributed by atoms with Crippen LogP contribution in [-0.4, -0.2) is 64.1 Å². The number of halogens is 4. The van der Waals surface area contributed by atoms with Gasteiger partial charge < -0.3 is 10.2 Å². The maximum atomic E-state index is 13.9. The minimum atomic E-state index is -4.57. The number of nitrogens with one attached hydrogen (secondary N) is 2. The predicted octanol–water partition coefficient (Wildman–Crippen LogP) is 4.52. The molecule has 11 heteroatoms. The normalized spacial score (nSPS) is 14.7. The molecule has 2 aromatic carbocycles. The fraction of sp³-hybridized carbons (Fsp3) is 0.250. The summed E-state index contributed by atoms with van der Waals surface area (Å²) in [5, 5.41) is 9.86. The van der Waals surface area contributed by atoms with E-state index in [1.807, 2.05) is 11.9 Å². The monoisotopic (exact) mass is 536 g/mol. The lowest BCUT2D eigenvalue weighted by Crippen LogP contribution is -2.44. The molecule has 7 nitrogen and oxygen atoms in total. The van der Waals surface area contributed by atoms with Gasteiger partial charge in [-0.2, -0.15) is 18.3 Å². The molecule has 4 aromatic rings. The highest BCUT2D eigenvalue weighted by atomic mass is 19.4. The second kappa shape index (κ2) is 10.8. The van der Waals surface area contributed by atoms with E-state index >= 15 is 0 Å². The van der Waals surface area contributed by atoms with Crippen LogP contribution in [0.1, 0.15) is 32.7 Å². The largest absolute Gasteiger partial charge is 0.416 e. The molecule has 200 valence electrons. The van der Waals surface area contributed by atoms with E-state index in [1.165, 1.54) is 48.8 Å². The molecule has 39 heavy (non-hydrogen) atoms. The standard InChI is InChI=1S/C28H24F4N6O/c1-37-8-10-38(11-9-37)17-19-3-5-22(14-24(19)28(30,31)32)34-27(39)20-12-18(15-33-16-20)2-6-25-23-13-21(29)4-7-26(23)36-35-25/h3-5,7,12-16H,8-11,17H2,1H3,(H,34,39)(H,35,36). The minimum absolute atomic E-state index is 0.0249. The van der Waals surface area contributed by atoms with Gasteiger partial charge >= 0.3 is 6.18 Å². The molecule has 1 aliphatic rings. The number of pyridine rings is 1. The molecule has 0 radical (unpaired) electrons. The van der Waals surface area contributed by atoms with Gasteiger partial charge in [-0.1, -0.05) is 12.0 Å². The topological polar surface area (TPSA) is 77.1 Å². The number of hydrogen-bond donors (Lipinski definition) is 2. The number of alkyl halides is 3. The minimum Gasteiger partial charge on any atom is -0.322 e. The molecule has 2 aromatic heterocycles. The summed E-state index contributed by atoms with van der Waals surface area (Å²) in [6.07, 6.45) is -1.83. The van der Waals surface area contributed by atoms with Crippen molar-refractivity contribution in [3.8, 4) is 11.8 Å². The Morgan fingerprint density at radius 3 is 2.62 bits per heavy atom. The van der Waals surface area contributed by atoms with Crippen LogP contribution in [0.4, 0.5) is 23.2 Å². The Kier molecular flexibility index (Phi) is 7.32. The predicted molar refractivity (Wildman–Crippen MR) is 138 cm³/mol. The highest BCUT2D eigenvalue weighted by Crippen LogP contribution is 2.34. The Hall–Kier alpha value is -4.27. The number of piperazine rings is 1. The van der Waals surface area contributed by atoms with E-state index in [0.29, 0.717) is 35.2 Å². The van der Waals surface area contributed by atoms with Crippen LogP contribution in [0.5, 0.6) is 0 Å². The van der Waals surface area contributed by atoms with Gasteiger partial charge in [0.15, 0.2) is 0 Å². The first-order valence-corrected chi connectivity index (χ1v) is 12.2. The average Bonchev–Trinajstić information content (AvgIpc) is 3.31. The lowest BCUT2D eigenvalue weighted by Gasteiger charge is -2.33. The van der Waals surface area contributed by atoms with Crippen molar-refractivity contribution < 1.29 is 22.4 Å². The average molecular weight is 537 g/mol. The van der Waals surface area contributed by atoms with E-state index in [2.05, 4.69) is 37.2 Å². The zero-order valence-corrected chi connectivity index (χ0v) is 20.9. The lowest BCUT2D eigenvalue weighted by atomic mass is 10.0. The van der Waals surface area contributed by atoms with Crippen molar-refractivity contribution in [3.63, 3.8) is 0 Å². The number of rotatable bonds is 4. The third-order valence-electron chi connectivity index (χ3n) is 6.51. The molecule has 1 saturated heterocycles. The van der Waals surface area contributed by atoms with E-state index in [1.54, 1.807) is 0 Å². The number of hydrogen-bond acceptors (Lipinski definition) is 5. The zero-order valence-electron chi connectivity index (χ0n) is 20.9. The molecule has 0 bridgehead atoms. The van der Waals surface area contributed by atoms with Gasteiger partial charge in [-0.25, -0.2) is 4.39 Å². The van der Waals surface area contributed by atoms with Crippen LogP contribution in [-0.2, 0) is 12.7 Å². The molecule has 1 amide bonds. The Labute approximate surface area is 221 Å². The molecular formula is C28H24F4N6O. The Morgan fingerprint density at radius 2 is 1.85 bits per heavy atom. The van der Waals surface area contributed by atoms with Crippen molar-refractivity contribution in [3.05, 3.63) is 88.6 Å². The first-order chi connectivity index (χ1) is 18.7. The van der Waals surface area contributed by atoms with Gasteiger partial charge in [0.25, 0.3) is 5.91 Å². The van der Waals surface area contributed by atoms with Gasteiger partial charge in [-0.3, -0.25) is 19.8 Å². The van der Waals surface area contributed by atoms with Gasteiger partial charge in [0.1, 0.15) is 11.5 Å². The Balaban J connectivity index is 1.33. The first-order valence-electron chi connectivity index (χ1n) is 12.2. The number of aromatic amines is 1. The smallest absolute Gasteiger partial charge is 0.322 e. The van der Waals surface area contributed by atoms with Gasteiger partial charge in [0.2, 0.25) is 0 Å². The van der Waals surface area contributed by atoms with E-state index < -0.39 is 23.5 Å². The molecule has 0 unspecified atom stereocenters. The Morgan fingerprint density at radius 1 is 1.05 bits per heavy atom. The van der Waals surface area contributed by atoms with Crippen molar-refractivity contribution in [2.45, 2.75) is 12.7 Å². The van der Waals surface area contributed by atoms with Crippen LogP contribution in [0.25, 0.3) is 10.9 Å². The number of aromatic nitrogens is 3. The summed E-state index contributed by atoms with van der Waals surface area (Å²) in [6.45, 7) is 3.14. The van der Waals surface area contributed by atoms with E-state index in [9.17, 15) is 22.4 Å². The maximum Gasteiger partial charge on any atom is 0.416 e. The van der Waals surface area contributed by atoms with Crippen molar-refractivity contribution in [2.75, 3.05) is 38.5 Å². The van der Waals surface area contributed by atoms with Crippen LogP contribution >= 0.6 is 0 Å². The molecule has 0 saturated carbocycles. The van der Waals surface area contributed by atoms with E-state index in [-0.39, 0.29) is 23.4 Å². The molecule has 0 atom stereocenters. The number of likely N-dealkylation sites (N-methyl/N-ethyl adjacent to an activating group) is 1. The van der Waals surface area contributed by atoms with Crippen LogP contribution in [0, 0.1) is 17.7 Å². The lowest BCUT2D eigenvalue weighted by molar-refractivity contribution is -0.138. The number of amides is 1. The van der Waals surface area contributed by atoms with Gasteiger partial charge in [-0.05, 0) is 54.9 Å². The summed E-state index contributed by atoms with van der Waals surface area (Å²) in [7, 11) is 1.98. The number of carbonyl (C=O) groups excluding carboxylic acids is 1. The summed E-state index contributed by atoms with van der Waals surface area (Å²) < 4.78 is 55.3. The van der Waals surface area contributed by atoms with Crippen molar-refractivity contribution in [1.29, 1.82) is 0 Å². The second-order valence-corrected chi connectivity index (χ2v) is 9.38. The fourth-order valence-corrected chi connectivity index (χ4v) is 4.35. The van der Waals surface area contributed by atoms with Crippen LogP contribution in [0.3, 0.4) is 0 Å². The zero-order chi connectivity index (χ0) is 27.6. The first kappa shape index (κ1) is 26.3. The number of nitrogens with zero attached hydrogens (tertiary/aromatic N) is 4. The highest BCUT2D eigenvalue weighted by molar-refractivity contribution is 6.04. The van der Waals surface area contributed by atoms with E-state index in [4.69, 9.17) is 0 Å². The summed E-state index contributed by atoms with van der Waals surface area (Å²) in [5.74, 6) is 4.66. The number of anilines is 1. The summed E-state index contributed by atoms with van der Waals surface area (Å²) in [4.78, 5) is 21.0. The van der Waals surface area contributed by atoms with Gasteiger partial charge in [-0.15, -0.1) is 0 Å². The SMILES string of the molecule is CN1CCN(Cc2ccc(NC(=O)c3cncc(C#Cc4[nH]nc5ccc(F)cc45)c3)cc2C(F)(F)F)CC1. The summed E-state index contributed by atoms with van der Waals surface area (Å²) in [5.41, 5.74) is 0.875. The van der Waals surface area contributed by atoms with Crippen molar-refractivity contribution in [2.24, 2.45) is 0 Å². The molecule has 1 fully saturated rings. The van der Waals surface area contributed by atoms with Gasteiger partial charge in [0.05, 0.1) is 16.6 Å². The Bertz CT molecular complexity index is 1580. The molecule has 2 N–H and O–H groups in total. The molecule has 0 spiro atoms. The molecule has 1 aliphatic heterocycles. The fourth-order valence-electron chi connectivity index (χ4n) is 4.35. The molecule has 5 rings (SSSR count). The van der Waals surface area contributed by atoms with E-state index in [0.717, 1.165) is 19.2 Å². The number of H-pyrrole nitrogens is 1. The van der Waals surface area contributed by atoms with Crippen molar-refractivity contribution in [1.82, 2.24) is 25.0 Å². The van der Waals surface area contributed by atoms with Crippen molar-refractivity contribution >= 4 is 22.5 Å². The van der Waals surface area contributed by atoms with Crippen LogP contribution in [0.15, 0.2) is 54.9 Å². The maximum absolute atomic E-state index is 13.9. The molecule has 0 aliphatic carbocycles. The summed E-state index contributed by atoms with van der Waals surface area (Å²) in [6, 6.07) is 9.46. The molecular weight excluding hydrogens is 512 g/mol. The summed E-state index contributed by atoms with van der Waals surface area (Å²) >= 11 is 0. The molecule has 3 heterocycles. The number of benzene rings is 2. The number of fused-ring (bicyclic) bond motifs is 1. The number of carbonyl (C=O) groups is 1. The third kappa shape index (κ3) is 6.25. The van der Waals surface area contributed by atoms with Crippen LogP contribution in [0.2, 0.25) is 0 Å². The quantitative estimate of drug-likeness (QED) is 0.297. The third-order valence-corrected chi connectivity index (χ3v) is 6.51. The second-order valence-electron chi connectivity index (χ2n) is 9.38. The van der Waals surface area contributed by atoms with Crippen LogP contribution < -0.4 is 5.32 Å². The van der Waals surface area contributed by atoms with Gasteiger partial charge in [0, 0.05) is 61.8 Å². The highest BCUT2D eigenvalue weighted by Gasteiger charge is 2.34.